The maximum atomic E-state index is 11.5. The summed E-state index contributed by atoms with van der Waals surface area (Å²) in [6, 6.07) is 11.0. The molecular formula is C14H15NO3S. The lowest BCUT2D eigenvalue weighted by Gasteiger charge is -2.08. The van der Waals surface area contributed by atoms with Gasteiger partial charge in [0.25, 0.3) is 0 Å². The van der Waals surface area contributed by atoms with Crippen molar-refractivity contribution in [1.29, 1.82) is 0 Å². The van der Waals surface area contributed by atoms with Gasteiger partial charge in [0.05, 0.1) is 18.7 Å². The van der Waals surface area contributed by atoms with Gasteiger partial charge in [-0.2, -0.15) is 0 Å². The fourth-order valence-corrected chi connectivity index (χ4v) is 2.09. The first kappa shape index (κ1) is 13.4. The molecule has 2 aromatic rings. The van der Waals surface area contributed by atoms with Crippen LogP contribution in [0, 0.1) is 0 Å². The number of hydrogen-bond acceptors (Lipinski definition) is 5. The van der Waals surface area contributed by atoms with E-state index in [2.05, 4.69) is 0 Å². The molecule has 2 N–H and O–H groups in total. The largest absolute Gasteiger partial charge is 0.491 e. The first-order valence-corrected chi connectivity index (χ1v) is 6.79. The van der Waals surface area contributed by atoms with E-state index in [1.54, 1.807) is 23.5 Å². The average molecular weight is 277 g/mol. The Balaban J connectivity index is 1.68. The van der Waals surface area contributed by atoms with Crippen molar-refractivity contribution in [3.8, 4) is 5.75 Å². The van der Waals surface area contributed by atoms with Crippen LogP contribution in [0.5, 0.6) is 5.75 Å². The van der Waals surface area contributed by atoms with Crippen LogP contribution >= 0.6 is 11.3 Å². The van der Waals surface area contributed by atoms with Crippen molar-refractivity contribution in [3.63, 3.8) is 0 Å². The maximum Gasteiger partial charge on any atom is 0.309 e. The summed E-state index contributed by atoms with van der Waals surface area (Å²) >= 11 is 1.56. The van der Waals surface area contributed by atoms with Crippen LogP contribution in [0.3, 0.4) is 0 Å². The normalized spacial score (nSPS) is 10.1. The van der Waals surface area contributed by atoms with Crippen LogP contribution < -0.4 is 10.5 Å². The first-order chi connectivity index (χ1) is 9.25. The van der Waals surface area contributed by atoms with Gasteiger partial charge < -0.3 is 15.2 Å². The first-order valence-electron chi connectivity index (χ1n) is 5.91. The number of thiophene rings is 1. The van der Waals surface area contributed by atoms with Crippen LogP contribution in [0.2, 0.25) is 0 Å². The Kier molecular flexibility index (Phi) is 4.80. The molecule has 1 aromatic heterocycles. The van der Waals surface area contributed by atoms with Gasteiger partial charge in [0.2, 0.25) is 0 Å². The molecule has 2 rings (SSSR count). The SMILES string of the molecule is Nc1ccccc1OCCC(=O)OCc1cccs1. The number of para-hydroxylation sites is 2. The molecule has 0 fully saturated rings. The van der Waals surface area contributed by atoms with Gasteiger partial charge in [-0.25, -0.2) is 0 Å². The number of hydrogen-bond donors (Lipinski definition) is 1. The minimum atomic E-state index is -0.275. The highest BCUT2D eigenvalue weighted by Crippen LogP contribution is 2.19. The lowest BCUT2D eigenvalue weighted by Crippen LogP contribution is -2.10. The summed E-state index contributed by atoms with van der Waals surface area (Å²) in [7, 11) is 0. The number of nitrogen functional groups attached to an aromatic ring is 1. The van der Waals surface area contributed by atoms with Gasteiger partial charge in [0.15, 0.2) is 0 Å². The third-order valence-corrected chi connectivity index (χ3v) is 3.29. The van der Waals surface area contributed by atoms with Crippen LogP contribution in [0.4, 0.5) is 5.69 Å². The molecule has 100 valence electrons. The highest BCUT2D eigenvalue weighted by atomic mass is 32.1. The zero-order chi connectivity index (χ0) is 13.5. The van der Waals surface area contributed by atoms with Crippen molar-refractivity contribution >= 4 is 23.0 Å². The zero-order valence-electron chi connectivity index (χ0n) is 10.4. The number of nitrogens with two attached hydrogens (primary N) is 1. The standard InChI is InChI=1S/C14H15NO3S/c15-12-5-1-2-6-13(12)17-8-7-14(16)18-10-11-4-3-9-19-11/h1-6,9H,7-8,10,15H2. The summed E-state index contributed by atoms with van der Waals surface area (Å²) in [4.78, 5) is 12.5. The number of ether oxygens (including phenoxy) is 2. The van der Waals surface area contributed by atoms with E-state index < -0.39 is 0 Å². The predicted molar refractivity (Wildman–Crippen MR) is 75.1 cm³/mol. The number of carbonyl (C=O) groups is 1. The van der Waals surface area contributed by atoms with E-state index in [1.165, 1.54) is 0 Å². The third kappa shape index (κ3) is 4.30. The Morgan fingerprint density at radius 2 is 2.05 bits per heavy atom. The number of rotatable bonds is 6. The van der Waals surface area contributed by atoms with Crippen molar-refractivity contribution in [2.75, 3.05) is 12.3 Å². The van der Waals surface area contributed by atoms with E-state index in [0.717, 1.165) is 4.88 Å². The monoisotopic (exact) mass is 277 g/mol. The van der Waals surface area contributed by atoms with E-state index in [-0.39, 0.29) is 19.0 Å². The molecule has 4 nitrogen and oxygen atoms in total. The number of anilines is 1. The van der Waals surface area contributed by atoms with Crippen molar-refractivity contribution in [2.24, 2.45) is 0 Å². The van der Waals surface area contributed by atoms with Gasteiger partial charge in [0, 0.05) is 4.88 Å². The molecule has 0 radical (unpaired) electrons. The van der Waals surface area contributed by atoms with Crippen molar-refractivity contribution < 1.29 is 14.3 Å². The van der Waals surface area contributed by atoms with Crippen LogP contribution in [-0.4, -0.2) is 12.6 Å². The van der Waals surface area contributed by atoms with Crippen LogP contribution in [0.15, 0.2) is 41.8 Å². The highest BCUT2D eigenvalue weighted by Gasteiger charge is 2.05. The Hall–Kier alpha value is -2.01. The average Bonchev–Trinajstić information content (AvgIpc) is 2.92. The molecule has 0 aliphatic rings. The Morgan fingerprint density at radius 1 is 1.21 bits per heavy atom. The fraction of sp³-hybridized carbons (Fsp3) is 0.214. The van der Waals surface area contributed by atoms with Crippen LogP contribution in [0.25, 0.3) is 0 Å². The number of carbonyl (C=O) groups excluding carboxylic acids is 1. The van der Waals surface area contributed by atoms with E-state index in [9.17, 15) is 4.79 Å². The molecule has 0 amide bonds. The molecule has 0 atom stereocenters. The summed E-state index contributed by atoms with van der Waals surface area (Å²) in [5, 5.41) is 1.95. The number of benzene rings is 1. The van der Waals surface area contributed by atoms with Crippen LogP contribution in [0.1, 0.15) is 11.3 Å². The predicted octanol–water partition coefficient (Wildman–Crippen LogP) is 2.84. The molecule has 1 heterocycles. The number of esters is 1. The van der Waals surface area contributed by atoms with Crippen molar-refractivity contribution in [1.82, 2.24) is 0 Å². The van der Waals surface area contributed by atoms with Crippen molar-refractivity contribution in [2.45, 2.75) is 13.0 Å². The smallest absolute Gasteiger partial charge is 0.309 e. The molecule has 0 bridgehead atoms. The fourth-order valence-electron chi connectivity index (χ4n) is 1.47. The minimum absolute atomic E-state index is 0.208. The zero-order valence-corrected chi connectivity index (χ0v) is 11.2. The highest BCUT2D eigenvalue weighted by molar-refractivity contribution is 7.09. The topological polar surface area (TPSA) is 61.5 Å². The molecule has 0 saturated heterocycles. The summed E-state index contributed by atoms with van der Waals surface area (Å²) < 4.78 is 10.5. The summed E-state index contributed by atoms with van der Waals surface area (Å²) in [6.07, 6.45) is 0.208. The summed E-state index contributed by atoms with van der Waals surface area (Å²) in [6.45, 7) is 0.585. The lowest BCUT2D eigenvalue weighted by molar-refractivity contribution is -0.145. The second-order valence-electron chi connectivity index (χ2n) is 3.88. The Bertz CT molecular complexity index is 525. The van der Waals surface area contributed by atoms with Gasteiger partial charge in [0.1, 0.15) is 12.4 Å². The van der Waals surface area contributed by atoms with Gasteiger partial charge in [-0.1, -0.05) is 18.2 Å². The quantitative estimate of drug-likeness (QED) is 0.651. The van der Waals surface area contributed by atoms with Gasteiger partial charge in [-0.15, -0.1) is 11.3 Å². The maximum absolute atomic E-state index is 11.5. The van der Waals surface area contributed by atoms with Gasteiger partial charge in [-0.05, 0) is 23.6 Å². The van der Waals surface area contributed by atoms with E-state index >= 15 is 0 Å². The third-order valence-electron chi connectivity index (χ3n) is 2.44. The Labute approximate surface area is 115 Å². The molecule has 0 aliphatic carbocycles. The molecule has 0 spiro atoms. The molecule has 5 heteroatoms. The molecule has 0 aliphatic heterocycles. The molecule has 1 aromatic carbocycles. The second kappa shape index (κ2) is 6.80. The van der Waals surface area contributed by atoms with Crippen molar-refractivity contribution in [3.05, 3.63) is 46.7 Å². The minimum Gasteiger partial charge on any atom is -0.491 e. The molecule has 19 heavy (non-hydrogen) atoms. The molecule has 0 unspecified atom stereocenters. The van der Waals surface area contributed by atoms with E-state index in [0.29, 0.717) is 18.0 Å². The summed E-state index contributed by atoms with van der Waals surface area (Å²) in [5.74, 6) is 0.316. The van der Waals surface area contributed by atoms with Gasteiger partial charge >= 0.3 is 5.97 Å². The lowest BCUT2D eigenvalue weighted by atomic mass is 10.3. The Morgan fingerprint density at radius 3 is 2.79 bits per heavy atom. The van der Waals surface area contributed by atoms with E-state index in [4.69, 9.17) is 15.2 Å². The van der Waals surface area contributed by atoms with Gasteiger partial charge in [-0.3, -0.25) is 4.79 Å². The molecule has 0 saturated carbocycles. The van der Waals surface area contributed by atoms with Crippen LogP contribution in [-0.2, 0) is 16.1 Å². The summed E-state index contributed by atoms with van der Waals surface area (Å²) in [5.41, 5.74) is 6.28. The van der Waals surface area contributed by atoms with E-state index in [1.807, 2.05) is 29.6 Å². The second-order valence-corrected chi connectivity index (χ2v) is 4.91. The molecular weight excluding hydrogens is 262 g/mol.